The van der Waals surface area contributed by atoms with Crippen molar-refractivity contribution in [1.29, 1.82) is 0 Å². The molecule has 0 fully saturated rings. The first kappa shape index (κ1) is 12.9. The zero-order valence-corrected chi connectivity index (χ0v) is 12.0. The first-order valence-electron chi connectivity index (χ1n) is 6.84. The van der Waals surface area contributed by atoms with E-state index in [2.05, 4.69) is 50.6 Å². The van der Waals surface area contributed by atoms with Crippen LogP contribution in [0.3, 0.4) is 0 Å². The fraction of sp³-hybridized carbons (Fsp3) is 0.333. The summed E-state index contributed by atoms with van der Waals surface area (Å²) in [5.41, 5.74) is 6.66. The van der Waals surface area contributed by atoms with E-state index in [0.717, 1.165) is 41.2 Å². The van der Waals surface area contributed by atoms with Gasteiger partial charge in [0.05, 0.1) is 16.7 Å². The standard InChI is InChI=1S/C15H19N5/c1-9-15(13(20-19-9)6-7-16-3)11-4-5-12-14(8-11)18-10(2)17-12/h4-5,8,16H,6-7H2,1-3H3,(H,17,18)(H,19,20). The number of nitrogens with one attached hydrogen (secondary N) is 3. The second kappa shape index (κ2) is 5.09. The highest BCUT2D eigenvalue weighted by molar-refractivity contribution is 5.83. The summed E-state index contributed by atoms with van der Waals surface area (Å²) in [6.45, 7) is 4.96. The molecule has 0 aliphatic carbocycles. The predicted octanol–water partition coefficient (Wildman–Crippen LogP) is 2.33. The van der Waals surface area contributed by atoms with Crippen molar-refractivity contribution in [2.24, 2.45) is 0 Å². The van der Waals surface area contributed by atoms with Crippen LogP contribution in [0.1, 0.15) is 17.2 Å². The Labute approximate surface area is 117 Å². The molecule has 0 saturated carbocycles. The summed E-state index contributed by atoms with van der Waals surface area (Å²) in [7, 11) is 1.96. The molecule has 2 aromatic heterocycles. The molecule has 2 heterocycles. The lowest BCUT2D eigenvalue weighted by atomic mass is 10.0. The molecule has 104 valence electrons. The van der Waals surface area contributed by atoms with Crippen molar-refractivity contribution < 1.29 is 0 Å². The Kier molecular flexibility index (Phi) is 3.28. The number of hydrogen-bond acceptors (Lipinski definition) is 3. The van der Waals surface area contributed by atoms with Crippen LogP contribution >= 0.6 is 0 Å². The van der Waals surface area contributed by atoms with Gasteiger partial charge in [-0.1, -0.05) is 6.07 Å². The Balaban J connectivity index is 2.07. The summed E-state index contributed by atoms with van der Waals surface area (Å²) in [5, 5.41) is 10.7. The molecule has 0 saturated heterocycles. The number of fused-ring (bicyclic) bond motifs is 1. The molecule has 3 N–H and O–H groups in total. The smallest absolute Gasteiger partial charge is 0.104 e. The Bertz CT molecular complexity index is 738. The van der Waals surface area contributed by atoms with Crippen molar-refractivity contribution >= 4 is 11.0 Å². The van der Waals surface area contributed by atoms with E-state index >= 15 is 0 Å². The SMILES string of the molecule is CNCCc1n[nH]c(C)c1-c1ccc2nc(C)[nH]c2c1. The average molecular weight is 269 g/mol. The molecule has 1 aromatic carbocycles. The number of rotatable bonds is 4. The van der Waals surface area contributed by atoms with Gasteiger partial charge in [0.15, 0.2) is 0 Å². The lowest BCUT2D eigenvalue weighted by Crippen LogP contribution is -2.11. The first-order valence-corrected chi connectivity index (χ1v) is 6.84. The molecule has 5 heteroatoms. The summed E-state index contributed by atoms with van der Waals surface area (Å²) < 4.78 is 0. The quantitative estimate of drug-likeness (QED) is 0.681. The van der Waals surface area contributed by atoms with Gasteiger partial charge in [0.25, 0.3) is 0 Å². The van der Waals surface area contributed by atoms with E-state index in [4.69, 9.17) is 0 Å². The number of aromatic nitrogens is 4. The normalized spacial score (nSPS) is 11.3. The van der Waals surface area contributed by atoms with Crippen LogP contribution in [-0.2, 0) is 6.42 Å². The lowest BCUT2D eigenvalue weighted by Gasteiger charge is -2.04. The Hall–Kier alpha value is -2.14. The largest absolute Gasteiger partial charge is 0.342 e. The minimum Gasteiger partial charge on any atom is -0.342 e. The van der Waals surface area contributed by atoms with Crippen LogP contribution in [0.2, 0.25) is 0 Å². The van der Waals surface area contributed by atoms with Gasteiger partial charge in [0.1, 0.15) is 5.82 Å². The molecule has 0 bridgehead atoms. The van der Waals surface area contributed by atoms with E-state index in [1.807, 2.05) is 14.0 Å². The highest BCUT2D eigenvalue weighted by Crippen LogP contribution is 2.28. The van der Waals surface area contributed by atoms with Gasteiger partial charge in [-0.05, 0) is 38.6 Å². The number of likely N-dealkylation sites (N-methyl/N-ethyl adjacent to an activating group) is 1. The zero-order valence-electron chi connectivity index (χ0n) is 12.0. The number of hydrogen-bond donors (Lipinski definition) is 3. The summed E-state index contributed by atoms with van der Waals surface area (Å²) in [5.74, 6) is 0.941. The second-order valence-electron chi connectivity index (χ2n) is 5.08. The van der Waals surface area contributed by atoms with Crippen molar-refractivity contribution in [3.05, 3.63) is 35.4 Å². The lowest BCUT2D eigenvalue weighted by molar-refractivity contribution is 0.773. The van der Waals surface area contributed by atoms with Crippen LogP contribution in [-0.4, -0.2) is 33.8 Å². The van der Waals surface area contributed by atoms with Crippen molar-refractivity contribution in [1.82, 2.24) is 25.5 Å². The van der Waals surface area contributed by atoms with Gasteiger partial charge in [-0.2, -0.15) is 5.10 Å². The molecular weight excluding hydrogens is 250 g/mol. The first-order chi connectivity index (χ1) is 9.69. The van der Waals surface area contributed by atoms with Crippen molar-refractivity contribution in [2.75, 3.05) is 13.6 Å². The molecule has 0 aliphatic rings. The van der Waals surface area contributed by atoms with E-state index < -0.39 is 0 Å². The van der Waals surface area contributed by atoms with Gasteiger partial charge in [-0.15, -0.1) is 0 Å². The Morgan fingerprint density at radius 2 is 2.10 bits per heavy atom. The third kappa shape index (κ3) is 2.20. The average Bonchev–Trinajstić information content (AvgIpc) is 2.97. The van der Waals surface area contributed by atoms with Gasteiger partial charge < -0.3 is 10.3 Å². The minimum atomic E-state index is 0.913. The third-order valence-electron chi connectivity index (χ3n) is 3.52. The van der Waals surface area contributed by atoms with E-state index in [1.54, 1.807) is 0 Å². The van der Waals surface area contributed by atoms with Crippen molar-refractivity contribution in [3.63, 3.8) is 0 Å². The molecule has 20 heavy (non-hydrogen) atoms. The molecule has 0 aliphatic heterocycles. The second-order valence-corrected chi connectivity index (χ2v) is 5.08. The number of benzene rings is 1. The van der Waals surface area contributed by atoms with E-state index in [0.29, 0.717) is 0 Å². The molecular formula is C15H19N5. The molecule has 0 radical (unpaired) electrons. The molecule has 0 amide bonds. The molecule has 0 spiro atoms. The molecule has 3 rings (SSSR count). The minimum absolute atomic E-state index is 0.913. The van der Waals surface area contributed by atoms with Crippen LogP contribution in [0.5, 0.6) is 0 Å². The topological polar surface area (TPSA) is 69.4 Å². The predicted molar refractivity (Wildman–Crippen MR) is 80.8 cm³/mol. The number of aryl methyl sites for hydroxylation is 2. The molecule has 3 aromatic rings. The third-order valence-corrected chi connectivity index (χ3v) is 3.52. The van der Waals surface area contributed by atoms with E-state index in [1.165, 1.54) is 11.1 Å². The Morgan fingerprint density at radius 3 is 2.90 bits per heavy atom. The monoisotopic (exact) mass is 269 g/mol. The maximum atomic E-state index is 4.44. The highest BCUT2D eigenvalue weighted by atomic mass is 15.1. The van der Waals surface area contributed by atoms with Crippen molar-refractivity contribution in [3.8, 4) is 11.1 Å². The maximum Gasteiger partial charge on any atom is 0.104 e. The van der Waals surface area contributed by atoms with Gasteiger partial charge in [-0.25, -0.2) is 4.98 Å². The maximum absolute atomic E-state index is 4.44. The molecule has 0 unspecified atom stereocenters. The molecule has 0 atom stereocenters. The van der Waals surface area contributed by atoms with Crippen LogP contribution in [0.25, 0.3) is 22.2 Å². The van der Waals surface area contributed by atoms with Crippen LogP contribution in [0.4, 0.5) is 0 Å². The summed E-state index contributed by atoms with van der Waals surface area (Å²) in [4.78, 5) is 7.73. The van der Waals surface area contributed by atoms with Gasteiger partial charge in [0, 0.05) is 24.2 Å². The fourth-order valence-electron chi connectivity index (χ4n) is 2.58. The Morgan fingerprint density at radius 1 is 1.25 bits per heavy atom. The van der Waals surface area contributed by atoms with Crippen LogP contribution in [0.15, 0.2) is 18.2 Å². The number of aromatic amines is 2. The summed E-state index contributed by atoms with van der Waals surface area (Å²) in [6, 6.07) is 6.32. The molecule has 5 nitrogen and oxygen atoms in total. The highest BCUT2D eigenvalue weighted by Gasteiger charge is 2.13. The summed E-state index contributed by atoms with van der Waals surface area (Å²) >= 11 is 0. The van der Waals surface area contributed by atoms with E-state index in [9.17, 15) is 0 Å². The van der Waals surface area contributed by atoms with E-state index in [-0.39, 0.29) is 0 Å². The number of H-pyrrole nitrogens is 2. The van der Waals surface area contributed by atoms with Gasteiger partial charge >= 0.3 is 0 Å². The number of nitrogens with zero attached hydrogens (tertiary/aromatic N) is 2. The van der Waals surface area contributed by atoms with Crippen LogP contribution < -0.4 is 5.32 Å². The van der Waals surface area contributed by atoms with Gasteiger partial charge in [0.2, 0.25) is 0 Å². The van der Waals surface area contributed by atoms with Gasteiger partial charge in [-0.3, -0.25) is 5.10 Å². The van der Waals surface area contributed by atoms with Crippen molar-refractivity contribution in [2.45, 2.75) is 20.3 Å². The fourth-order valence-corrected chi connectivity index (χ4v) is 2.58. The van der Waals surface area contributed by atoms with Crippen LogP contribution in [0, 0.1) is 13.8 Å². The number of imidazole rings is 1. The zero-order chi connectivity index (χ0) is 14.1. The summed E-state index contributed by atoms with van der Waals surface area (Å²) in [6.07, 6.45) is 0.913.